The Bertz CT molecular complexity index is 2780. The molecule has 2 aromatic carbocycles. The van der Waals surface area contributed by atoms with E-state index in [2.05, 4.69) is 20.9 Å². The van der Waals surface area contributed by atoms with Gasteiger partial charge in [0.2, 0.25) is 11.8 Å². The molecule has 4 aromatic rings. The minimum Gasteiger partial charge on any atom is -0.381 e. The number of aryl methyl sites for hydroxylation is 4. The number of hydrogen-bond donors (Lipinski definition) is 2. The molecule has 2 aromatic heterocycles. The van der Waals surface area contributed by atoms with Crippen molar-refractivity contribution < 1.29 is 71.3 Å². The quantitative estimate of drug-likeness (QED) is 0.131. The van der Waals surface area contributed by atoms with Crippen LogP contribution in [0, 0.1) is 62.2 Å². The normalized spacial score (nSPS) is 23.6. The van der Waals surface area contributed by atoms with Crippen LogP contribution < -0.4 is 10.6 Å². The molecule has 4 aliphatic carbocycles. The van der Waals surface area contributed by atoms with Gasteiger partial charge in [-0.1, -0.05) is 22.4 Å². The average Bonchev–Trinajstić information content (AvgIpc) is 4.00. The standard InChI is InChI=1S/2C23H24F3N3O5S/c2*1-12-20(13(2)34-29-12)14-4-5-19(17(8-14)23(24,25)26)35(31,32)15-9-16(18(10-15)33-3)21(30)28-22(11-27)6-7-22/h2*4-5,8,15-16,18H,6-7,9-10H2,1-3H3,(H,28,30)/t2*15-,16-,18-/m10/s1. The molecule has 2 heterocycles. The van der Waals surface area contributed by atoms with Crippen molar-refractivity contribution in [1.82, 2.24) is 20.9 Å². The highest BCUT2D eigenvalue weighted by molar-refractivity contribution is 7.92. The number of halogens is 6. The molecule has 8 rings (SSSR count). The summed E-state index contributed by atoms with van der Waals surface area (Å²) in [5, 5.41) is 28.7. The Labute approximate surface area is 398 Å². The van der Waals surface area contributed by atoms with Gasteiger partial charge in [-0.3, -0.25) is 9.59 Å². The first-order valence-electron chi connectivity index (χ1n) is 21.9. The molecule has 2 amide bonds. The summed E-state index contributed by atoms with van der Waals surface area (Å²) in [6, 6.07) is 10.1. The Hall–Kier alpha value is -5.82. The number of carbonyl (C=O) groups is 2. The smallest absolute Gasteiger partial charge is 0.381 e. The van der Waals surface area contributed by atoms with Crippen LogP contribution in [0.4, 0.5) is 26.3 Å². The van der Waals surface area contributed by atoms with Gasteiger partial charge in [0.1, 0.15) is 22.6 Å². The molecule has 16 nitrogen and oxygen atoms in total. The number of nitrogens with one attached hydrogen (secondary N) is 2. The van der Waals surface area contributed by atoms with Gasteiger partial charge in [-0.15, -0.1) is 0 Å². The Morgan fingerprint density at radius 3 is 1.24 bits per heavy atom. The molecule has 70 heavy (non-hydrogen) atoms. The number of ether oxygens (including phenoxy) is 2. The van der Waals surface area contributed by atoms with Crippen molar-refractivity contribution in [3.8, 4) is 34.4 Å². The molecule has 0 radical (unpaired) electrons. The number of sulfone groups is 2. The number of alkyl halides is 6. The largest absolute Gasteiger partial charge is 0.417 e. The van der Waals surface area contributed by atoms with Crippen LogP contribution in [-0.2, 0) is 51.1 Å². The van der Waals surface area contributed by atoms with Crippen LogP contribution in [0.15, 0.2) is 55.2 Å². The number of nitriles is 2. The highest BCUT2D eigenvalue weighted by atomic mass is 32.2. The summed E-state index contributed by atoms with van der Waals surface area (Å²) < 4.78 is 159. The van der Waals surface area contributed by atoms with E-state index in [0.29, 0.717) is 59.7 Å². The van der Waals surface area contributed by atoms with Crippen molar-refractivity contribution in [2.24, 2.45) is 11.8 Å². The number of aromatic nitrogens is 2. The predicted molar refractivity (Wildman–Crippen MR) is 233 cm³/mol. The molecule has 0 aliphatic heterocycles. The lowest BCUT2D eigenvalue weighted by Crippen LogP contribution is -2.42. The van der Waals surface area contributed by atoms with E-state index in [9.17, 15) is 63.3 Å². The fourth-order valence-corrected chi connectivity index (χ4v) is 13.4. The summed E-state index contributed by atoms with van der Waals surface area (Å²) in [6.45, 7) is 6.27. The number of rotatable bonds is 12. The van der Waals surface area contributed by atoms with Crippen LogP contribution in [0.5, 0.6) is 0 Å². The topological polar surface area (TPSA) is 245 Å². The first kappa shape index (κ1) is 52.0. The lowest BCUT2D eigenvalue weighted by atomic mass is 10.0. The molecule has 0 bridgehead atoms. The maximum atomic E-state index is 14.0. The number of methoxy groups -OCH3 is 2. The molecule has 4 fully saturated rings. The van der Waals surface area contributed by atoms with Gasteiger partial charge in [0, 0.05) is 25.3 Å². The molecular weight excluding hydrogens is 975 g/mol. The van der Waals surface area contributed by atoms with Crippen molar-refractivity contribution in [2.45, 2.75) is 135 Å². The Morgan fingerprint density at radius 1 is 0.643 bits per heavy atom. The monoisotopic (exact) mass is 1020 g/mol. The number of nitrogens with zero attached hydrogens (tertiary/aromatic N) is 4. The van der Waals surface area contributed by atoms with Crippen LogP contribution >= 0.6 is 0 Å². The van der Waals surface area contributed by atoms with Gasteiger partial charge < -0.3 is 29.2 Å². The number of amides is 2. The SMILES string of the molecule is CO[C@@H]1C[C@H](S(=O)(=O)c2ccc(-c3c(C)noc3C)cc2C(F)(F)F)C[C@H]1C(=O)NC1(C#N)CC1.CO[C@H]1C[C@@H](S(=O)(=O)c2ccc(-c3c(C)noc3C)cc2C(F)(F)F)C[C@@H]1C(=O)NC1(C#N)CC1. The van der Waals surface area contributed by atoms with Crippen molar-refractivity contribution in [3.05, 3.63) is 70.4 Å². The van der Waals surface area contributed by atoms with Crippen molar-refractivity contribution in [1.29, 1.82) is 10.5 Å². The first-order valence-corrected chi connectivity index (χ1v) is 25.0. The molecule has 24 heteroatoms. The van der Waals surface area contributed by atoms with E-state index in [4.69, 9.17) is 18.5 Å². The van der Waals surface area contributed by atoms with E-state index in [1.54, 1.807) is 27.7 Å². The first-order chi connectivity index (χ1) is 32.7. The van der Waals surface area contributed by atoms with Crippen LogP contribution in [-0.4, -0.2) is 87.0 Å². The zero-order valence-corrected chi connectivity index (χ0v) is 40.2. The van der Waals surface area contributed by atoms with Gasteiger partial charge in [-0.25, -0.2) is 16.8 Å². The van der Waals surface area contributed by atoms with Crippen LogP contribution in [0.25, 0.3) is 22.3 Å². The molecule has 2 N–H and O–H groups in total. The maximum Gasteiger partial charge on any atom is 0.417 e. The molecule has 6 atom stereocenters. The summed E-state index contributed by atoms with van der Waals surface area (Å²) >= 11 is 0. The van der Waals surface area contributed by atoms with Gasteiger partial charge in [0.05, 0.1) is 79.0 Å². The van der Waals surface area contributed by atoms with Gasteiger partial charge >= 0.3 is 12.4 Å². The summed E-state index contributed by atoms with van der Waals surface area (Å²) in [6.07, 6.45) is -10.2. The maximum absolute atomic E-state index is 14.0. The van der Waals surface area contributed by atoms with Crippen molar-refractivity contribution in [2.75, 3.05) is 14.2 Å². The summed E-state index contributed by atoms with van der Waals surface area (Å²) in [5.41, 5.74) is -2.74. The molecule has 0 unspecified atom stereocenters. The molecular formula is C46H48F6N6O10S2. The third-order valence-corrected chi connectivity index (χ3v) is 18.0. The van der Waals surface area contributed by atoms with E-state index in [0.717, 1.165) is 24.3 Å². The molecule has 0 saturated heterocycles. The Kier molecular flexibility index (Phi) is 13.9. The second kappa shape index (κ2) is 18.7. The van der Waals surface area contributed by atoms with E-state index >= 15 is 0 Å². The molecule has 0 spiro atoms. The molecule has 376 valence electrons. The van der Waals surface area contributed by atoms with Gasteiger partial charge in [0.15, 0.2) is 19.7 Å². The third-order valence-electron chi connectivity index (χ3n) is 13.6. The van der Waals surface area contributed by atoms with E-state index in [1.165, 1.54) is 26.4 Å². The zero-order chi connectivity index (χ0) is 51.5. The second-order valence-corrected chi connectivity index (χ2v) is 22.6. The summed E-state index contributed by atoms with van der Waals surface area (Å²) in [5.74, 6) is -2.24. The second-order valence-electron chi connectivity index (χ2n) is 18.2. The van der Waals surface area contributed by atoms with E-state index in [-0.39, 0.29) is 36.8 Å². The number of hydrogen-bond acceptors (Lipinski definition) is 14. The van der Waals surface area contributed by atoms with E-state index in [1.807, 2.05) is 12.1 Å². The highest BCUT2D eigenvalue weighted by Crippen LogP contribution is 2.46. The van der Waals surface area contributed by atoms with Crippen LogP contribution in [0.3, 0.4) is 0 Å². The predicted octanol–water partition coefficient (Wildman–Crippen LogP) is 7.43. The summed E-state index contributed by atoms with van der Waals surface area (Å²) in [7, 11) is -6.34. The van der Waals surface area contributed by atoms with Crippen molar-refractivity contribution in [3.63, 3.8) is 0 Å². The third kappa shape index (κ3) is 10.0. The van der Waals surface area contributed by atoms with Gasteiger partial charge in [0.25, 0.3) is 0 Å². The Morgan fingerprint density at radius 2 is 0.986 bits per heavy atom. The van der Waals surface area contributed by atoms with Gasteiger partial charge in [-0.2, -0.15) is 36.9 Å². The van der Waals surface area contributed by atoms with Gasteiger partial charge in [-0.05, 0) is 114 Å². The number of benzene rings is 2. The highest BCUT2D eigenvalue weighted by Gasteiger charge is 2.53. The fraction of sp³-hybridized carbons (Fsp3) is 0.522. The van der Waals surface area contributed by atoms with E-state index < -0.39 is 110 Å². The molecule has 4 saturated carbocycles. The average molecular weight is 1020 g/mol. The fourth-order valence-electron chi connectivity index (χ4n) is 9.38. The minimum absolute atomic E-state index is 0.136. The lowest BCUT2D eigenvalue weighted by Gasteiger charge is -2.19. The van der Waals surface area contributed by atoms with Crippen molar-refractivity contribution >= 4 is 31.5 Å². The Balaban J connectivity index is 0.000000206. The number of carbonyl (C=O) groups excluding carboxylic acids is 2. The minimum atomic E-state index is -4.95. The summed E-state index contributed by atoms with van der Waals surface area (Å²) in [4.78, 5) is 23.8. The van der Waals surface area contributed by atoms with Crippen LogP contribution in [0.1, 0.15) is 85.4 Å². The van der Waals surface area contributed by atoms with Crippen LogP contribution in [0.2, 0.25) is 0 Å². The molecule has 4 aliphatic rings. The zero-order valence-electron chi connectivity index (χ0n) is 38.5. The lowest BCUT2D eigenvalue weighted by molar-refractivity contribution is -0.140.